The van der Waals surface area contributed by atoms with Gasteiger partial charge in [-0.3, -0.25) is 4.79 Å². The molecule has 0 atom stereocenters. The number of hydrogen-bond acceptors (Lipinski definition) is 4. The maximum atomic E-state index is 12.2. The van der Waals surface area contributed by atoms with E-state index in [4.69, 9.17) is 38.2 Å². The van der Waals surface area contributed by atoms with Crippen LogP contribution < -0.4 is 4.74 Å². The van der Waals surface area contributed by atoms with Crippen molar-refractivity contribution in [3.8, 4) is 5.75 Å². The fourth-order valence-electron chi connectivity index (χ4n) is 1.62. The van der Waals surface area contributed by atoms with Gasteiger partial charge in [0.15, 0.2) is 5.75 Å². The number of aliphatic hydroxyl groups excluding tert-OH is 2. The summed E-state index contributed by atoms with van der Waals surface area (Å²) in [5.74, 6) is -0.0645. The van der Waals surface area contributed by atoms with Crippen LogP contribution in [0.4, 0.5) is 0 Å². The van der Waals surface area contributed by atoms with Crippen LogP contribution in [0.1, 0.15) is 10.4 Å². The van der Waals surface area contributed by atoms with Crippen LogP contribution in [0.3, 0.4) is 0 Å². The van der Waals surface area contributed by atoms with E-state index in [-0.39, 0.29) is 47.8 Å². The number of benzene rings is 1. The summed E-state index contributed by atoms with van der Waals surface area (Å²) in [7, 11) is 1.43. The molecule has 0 saturated heterocycles. The van der Waals surface area contributed by atoms with E-state index in [2.05, 4.69) is 0 Å². The van der Waals surface area contributed by atoms with E-state index in [1.165, 1.54) is 24.1 Å². The number of carbonyl (C=O) groups excluding carboxylic acids is 1. The maximum absolute atomic E-state index is 12.2. The van der Waals surface area contributed by atoms with Crippen molar-refractivity contribution in [3.63, 3.8) is 0 Å². The van der Waals surface area contributed by atoms with Crippen molar-refractivity contribution in [1.82, 2.24) is 4.90 Å². The Morgan fingerprint density at radius 1 is 1.21 bits per heavy atom. The molecule has 0 aliphatic rings. The van der Waals surface area contributed by atoms with Crippen molar-refractivity contribution in [2.24, 2.45) is 0 Å². The SMILES string of the molecule is COc1c(Cl)cc(C(=O)N(CCO)CCO)cc1Cl. The molecule has 0 aromatic heterocycles. The van der Waals surface area contributed by atoms with Gasteiger partial charge >= 0.3 is 0 Å². The first-order valence-corrected chi connectivity index (χ1v) is 6.34. The number of halogens is 2. The van der Waals surface area contributed by atoms with Gasteiger partial charge in [0.2, 0.25) is 0 Å². The third-order valence-corrected chi connectivity index (χ3v) is 3.04. The number of rotatable bonds is 6. The first kappa shape index (κ1) is 16.0. The van der Waals surface area contributed by atoms with Crippen LogP contribution in [-0.4, -0.2) is 54.4 Å². The van der Waals surface area contributed by atoms with E-state index in [1.807, 2.05) is 0 Å². The summed E-state index contributed by atoms with van der Waals surface area (Å²) < 4.78 is 5.00. The summed E-state index contributed by atoms with van der Waals surface area (Å²) >= 11 is 11.9. The fraction of sp³-hybridized carbons (Fsp3) is 0.417. The Kier molecular flexibility index (Phi) is 6.37. The highest BCUT2D eigenvalue weighted by atomic mass is 35.5. The Labute approximate surface area is 121 Å². The van der Waals surface area contributed by atoms with Crippen molar-refractivity contribution in [1.29, 1.82) is 0 Å². The summed E-state index contributed by atoms with van der Waals surface area (Å²) in [6.07, 6.45) is 0. The Bertz CT molecular complexity index is 424. The van der Waals surface area contributed by atoms with E-state index in [1.54, 1.807) is 0 Å². The zero-order valence-corrected chi connectivity index (χ0v) is 11.9. The Balaban J connectivity index is 3.04. The van der Waals surface area contributed by atoms with Gasteiger partial charge in [-0.05, 0) is 12.1 Å². The number of nitrogens with zero attached hydrogens (tertiary/aromatic N) is 1. The molecule has 0 saturated carbocycles. The topological polar surface area (TPSA) is 70.0 Å². The van der Waals surface area contributed by atoms with Crippen LogP contribution in [-0.2, 0) is 0 Å². The lowest BCUT2D eigenvalue weighted by Gasteiger charge is -2.21. The summed E-state index contributed by atoms with van der Waals surface area (Å²) in [6, 6.07) is 2.88. The van der Waals surface area contributed by atoms with E-state index in [0.29, 0.717) is 5.75 Å². The van der Waals surface area contributed by atoms with Crippen molar-refractivity contribution >= 4 is 29.1 Å². The number of methoxy groups -OCH3 is 1. The molecule has 1 aromatic carbocycles. The van der Waals surface area contributed by atoms with Gasteiger partial charge in [0, 0.05) is 18.7 Å². The molecule has 0 fully saturated rings. The molecule has 19 heavy (non-hydrogen) atoms. The number of aliphatic hydroxyl groups is 2. The van der Waals surface area contributed by atoms with Crippen LogP contribution >= 0.6 is 23.2 Å². The lowest BCUT2D eigenvalue weighted by Crippen LogP contribution is -2.35. The molecule has 1 aromatic rings. The molecule has 0 bridgehead atoms. The zero-order chi connectivity index (χ0) is 14.4. The molecule has 0 spiro atoms. The highest BCUT2D eigenvalue weighted by molar-refractivity contribution is 6.37. The van der Waals surface area contributed by atoms with Crippen molar-refractivity contribution in [2.75, 3.05) is 33.4 Å². The van der Waals surface area contributed by atoms with E-state index in [0.717, 1.165) is 0 Å². The van der Waals surface area contributed by atoms with Crippen molar-refractivity contribution in [3.05, 3.63) is 27.7 Å². The summed E-state index contributed by atoms with van der Waals surface area (Å²) in [4.78, 5) is 13.5. The molecular weight excluding hydrogens is 293 g/mol. The first-order valence-electron chi connectivity index (χ1n) is 5.59. The molecule has 5 nitrogen and oxygen atoms in total. The number of amides is 1. The highest BCUT2D eigenvalue weighted by Crippen LogP contribution is 2.34. The Morgan fingerprint density at radius 2 is 1.68 bits per heavy atom. The van der Waals surface area contributed by atoms with Crippen LogP contribution in [0.5, 0.6) is 5.75 Å². The lowest BCUT2D eigenvalue weighted by atomic mass is 10.2. The van der Waals surface area contributed by atoms with E-state index in [9.17, 15) is 4.79 Å². The average molecular weight is 308 g/mol. The van der Waals surface area contributed by atoms with Gasteiger partial charge in [-0.15, -0.1) is 0 Å². The molecule has 1 amide bonds. The lowest BCUT2D eigenvalue weighted by molar-refractivity contribution is 0.0685. The van der Waals surface area contributed by atoms with Gasteiger partial charge in [-0.2, -0.15) is 0 Å². The quantitative estimate of drug-likeness (QED) is 0.834. The first-order chi connectivity index (χ1) is 9.04. The summed E-state index contributed by atoms with van der Waals surface area (Å²) in [5.41, 5.74) is 0.276. The Morgan fingerprint density at radius 3 is 2.05 bits per heavy atom. The van der Waals surface area contributed by atoms with Gasteiger partial charge in [-0.1, -0.05) is 23.2 Å². The van der Waals surface area contributed by atoms with Gasteiger partial charge in [0.1, 0.15) is 0 Å². The highest BCUT2D eigenvalue weighted by Gasteiger charge is 2.18. The number of hydrogen-bond donors (Lipinski definition) is 2. The van der Waals surface area contributed by atoms with Crippen molar-refractivity contribution in [2.45, 2.75) is 0 Å². The second-order valence-corrected chi connectivity index (χ2v) is 4.53. The minimum Gasteiger partial charge on any atom is -0.494 e. The molecule has 1 rings (SSSR count). The molecule has 0 radical (unpaired) electrons. The van der Waals surface area contributed by atoms with E-state index >= 15 is 0 Å². The van der Waals surface area contributed by atoms with Gasteiger partial charge in [0.25, 0.3) is 5.91 Å². The monoisotopic (exact) mass is 307 g/mol. The van der Waals surface area contributed by atoms with Crippen LogP contribution in [0.25, 0.3) is 0 Å². The molecular formula is C12H15Cl2NO4. The predicted octanol–water partition coefficient (Wildman–Crippen LogP) is 1.43. The van der Waals surface area contributed by atoms with Crippen LogP contribution in [0.15, 0.2) is 12.1 Å². The largest absolute Gasteiger partial charge is 0.494 e. The predicted molar refractivity (Wildman–Crippen MR) is 73.1 cm³/mol. The van der Waals surface area contributed by atoms with Crippen molar-refractivity contribution < 1.29 is 19.7 Å². The number of ether oxygens (including phenoxy) is 1. The van der Waals surface area contributed by atoms with Gasteiger partial charge < -0.3 is 19.8 Å². The second kappa shape index (κ2) is 7.55. The standard InChI is InChI=1S/C12H15Cl2NO4/c1-19-11-9(13)6-8(7-10(11)14)12(18)15(2-4-16)3-5-17/h6-7,16-17H,2-5H2,1H3. The molecule has 106 valence electrons. The molecule has 2 N–H and O–H groups in total. The molecule has 0 aliphatic heterocycles. The second-order valence-electron chi connectivity index (χ2n) is 3.71. The van der Waals surface area contributed by atoms with E-state index < -0.39 is 0 Å². The third kappa shape index (κ3) is 3.98. The minimum absolute atomic E-state index is 0.126. The smallest absolute Gasteiger partial charge is 0.254 e. The maximum Gasteiger partial charge on any atom is 0.254 e. The van der Waals surface area contributed by atoms with Crippen LogP contribution in [0.2, 0.25) is 10.0 Å². The van der Waals surface area contributed by atoms with Crippen LogP contribution in [0, 0.1) is 0 Å². The van der Waals surface area contributed by atoms with Gasteiger partial charge in [0.05, 0.1) is 30.4 Å². The summed E-state index contributed by atoms with van der Waals surface area (Å²) in [5, 5.41) is 18.3. The minimum atomic E-state index is -0.366. The average Bonchev–Trinajstić information content (AvgIpc) is 2.37. The summed E-state index contributed by atoms with van der Waals surface area (Å²) in [6.45, 7) is -0.131. The fourth-order valence-corrected chi connectivity index (χ4v) is 2.26. The zero-order valence-electron chi connectivity index (χ0n) is 10.4. The molecule has 0 aliphatic carbocycles. The number of carbonyl (C=O) groups is 1. The molecule has 0 heterocycles. The Hall–Kier alpha value is -1.01. The normalized spacial score (nSPS) is 10.4. The third-order valence-electron chi connectivity index (χ3n) is 2.48. The van der Waals surface area contributed by atoms with Gasteiger partial charge in [-0.25, -0.2) is 0 Å². The molecule has 7 heteroatoms. The molecule has 0 unspecified atom stereocenters.